The lowest BCUT2D eigenvalue weighted by atomic mass is 9.85. The lowest BCUT2D eigenvalue weighted by molar-refractivity contribution is -0.134. The Morgan fingerprint density at radius 1 is 0.911 bits per heavy atom. The number of amides is 2. The maximum atomic E-state index is 15.3. The first-order chi connectivity index (χ1) is 27.3. The molecule has 3 saturated heterocycles. The Labute approximate surface area is 326 Å². The van der Waals surface area contributed by atoms with Crippen LogP contribution >= 0.6 is 0 Å². The zero-order valence-corrected chi connectivity index (χ0v) is 31.7. The molecule has 0 bridgehead atoms. The van der Waals surface area contributed by atoms with Crippen LogP contribution in [0.25, 0.3) is 22.0 Å². The number of aromatic nitrogens is 3. The van der Waals surface area contributed by atoms with E-state index < -0.39 is 5.92 Å². The van der Waals surface area contributed by atoms with E-state index in [2.05, 4.69) is 85.1 Å². The number of carbonyl (C=O) groups excluding carboxylic acids is 2. The Morgan fingerprint density at radius 2 is 1.73 bits per heavy atom. The molecule has 1 unspecified atom stereocenters. The predicted molar refractivity (Wildman–Crippen MR) is 216 cm³/mol. The van der Waals surface area contributed by atoms with E-state index in [0.717, 1.165) is 109 Å². The van der Waals surface area contributed by atoms with E-state index in [9.17, 15) is 9.59 Å². The number of hydrogen-bond donors (Lipinski definition) is 3. The number of pyridine rings is 1. The Balaban J connectivity index is 0.756. The van der Waals surface area contributed by atoms with Gasteiger partial charge in [0.05, 0.1) is 11.4 Å². The zero-order valence-electron chi connectivity index (χ0n) is 31.7. The second kappa shape index (κ2) is 15.5. The molecule has 3 N–H and O–H groups in total. The van der Waals surface area contributed by atoms with Crippen molar-refractivity contribution in [1.29, 1.82) is 0 Å². The number of halogens is 1. The molecule has 288 valence electrons. The van der Waals surface area contributed by atoms with E-state index in [0.29, 0.717) is 42.8 Å². The van der Waals surface area contributed by atoms with Crippen LogP contribution in [0.5, 0.6) is 5.88 Å². The number of carbonyl (C=O) groups is 2. The number of hydrogen-bond acceptors (Lipinski definition) is 10. The minimum Gasteiger partial charge on any atom is -0.474 e. The Hall–Kier alpha value is -5.62. The Morgan fingerprint density at radius 3 is 2.52 bits per heavy atom. The van der Waals surface area contributed by atoms with Gasteiger partial charge in [-0.15, -0.1) is 0 Å². The summed E-state index contributed by atoms with van der Waals surface area (Å²) in [6.45, 7) is 8.55. The standard InChI is InChI=1S/C44H47FN8O3/c1-27-37(25-47-43-41(27)46-16-21-56-43)31-2-3-32-24-48-44(50-39(32)23-31)49-33-5-7-34(8-6-33)53-19-12-28(13-20-53)26-52-17-14-29(15-18-52)35-9-4-30(22-38(35)45)36-10-11-40(54)51-42(36)55/h2-9,22-25,28-29,36,46H,10-21,26H2,1H3,(H,48,49,50)(H,51,54,55). The van der Waals surface area contributed by atoms with Crippen LogP contribution in [0, 0.1) is 18.7 Å². The van der Waals surface area contributed by atoms with Crippen molar-refractivity contribution in [3.05, 3.63) is 95.6 Å². The summed E-state index contributed by atoms with van der Waals surface area (Å²) in [5, 5.41) is 10.2. The van der Waals surface area contributed by atoms with Gasteiger partial charge >= 0.3 is 0 Å². The average molecular weight is 755 g/mol. The van der Waals surface area contributed by atoms with E-state index in [1.54, 1.807) is 0 Å². The second-order valence-electron chi connectivity index (χ2n) is 15.7. The van der Waals surface area contributed by atoms with E-state index in [1.807, 2.05) is 24.5 Å². The van der Waals surface area contributed by atoms with Gasteiger partial charge in [0.15, 0.2) is 0 Å². The molecular formula is C44H47FN8O3. The molecule has 1 atom stereocenters. The maximum Gasteiger partial charge on any atom is 0.237 e. The molecule has 0 spiro atoms. The first-order valence-corrected chi connectivity index (χ1v) is 20.0. The minimum atomic E-state index is -0.462. The van der Waals surface area contributed by atoms with Crippen LogP contribution in [-0.4, -0.2) is 77.5 Å². The van der Waals surface area contributed by atoms with Crippen LogP contribution in [0.4, 0.5) is 27.4 Å². The number of nitrogens with zero attached hydrogens (tertiary/aromatic N) is 5. The molecule has 56 heavy (non-hydrogen) atoms. The largest absolute Gasteiger partial charge is 0.474 e. The summed E-state index contributed by atoms with van der Waals surface area (Å²) in [6, 6.07) is 20.0. The van der Waals surface area contributed by atoms with E-state index in [4.69, 9.17) is 9.72 Å². The maximum absolute atomic E-state index is 15.3. The van der Waals surface area contributed by atoms with Crippen molar-refractivity contribution in [2.75, 3.05) is 61.4 Å². The van der Waals surface area contributed by atoms with Crippen molar-refractivity contribution in [2.24, 2.45) is 5.92 Å². The number of nitrogens with one attached hydrogen (secondary N) is 3. The van der Waals surface area contributed by atoms with Crippen molar-refractivity contribution in [3.8, 4) is 17.0 Å². The lowest BCUT2D eigenvalue weighted by Crippen LogP contribution is -2.41. The number of anilines is 4. The van der Waals surface area contributed by atoms with Crippen LogP contribution < -0.4 is 25.6 Å². The molecule has 4 aliphatic rings. The third-order valence-electron chi connectivity index (χ3n) is 12.2. The number of ether oxygens (including phenoxy) is 1. The first kappa shape index (κ1) is 36.0. The molecule has 3 fully saturated rings. The molecule has 3 aromatic carbocycles. The molecule has 2 aromatic heterocycles. The minimum absolute atomic E-state index is 0.183. The van der Waals surface area contributed by atoms with Gasteiger partial charge < -0.3 is 25.2 Å². The normalized spacial score (nSPS) is 19.6. The van der Waals surface area contributed by atoms with Gasteiger partial charge in [-0.2, -0.15) is 0 Å². The van der Waals surface area contributed by atoms with Crippen molar-refractivity contribution < 1.29 is 18.7 Å². The third-order valence-corrected chi connectivity index (χ3v) is 12.2. The number of likely N-dealkylation sites (tertiary alicyclic amines) is 1. The van der Waals surface area contributed by atoms with Crippen LogP contribution in [0.2, 0.25) is 0 Å². The Bertz CT molecular complexity index is 2270. The van der Waals surface area contributed by atoms with Crippen LogP contribution in [-0.2, 0) is 9.59 Å². The van der Waals surface area contributed by atoms with Crippen molar-refractivity contribution in [3.63, 3.8) is 0 Å². The van der Waals surface area contributed by atoms with Gasteiger partial charge in [0.25, 0.3) is 0 Å². The fourth-order valence-corrected chi connectivity index (χ4v) is 8.92. The van der Waals surface area contributed by atoms with E-state index in [1.165, 1.54) is 11.8 Å². The van der Waals surface area contributed by atoms with Gasteiger partial charge in [-0.1, -0.05) is 24.3 Å². The van der Waals surface area contributed by atoms with Gasteiger partial charge in [-0.05, 0) is 123 Å². The SMILES string of the molecule is Cc1c(-c2ccc3cnc(Nc4ccc(N5CCC(CN6CCC(c7ccc(C8CCC(=O)NC8=O)cc7F)CC6)CC5)cc4)nc3c2)cnc2c1NCCO2. The third kappa shape index (κ3) is 7.49. The monoisotopic (exact) mass is 754 g/mol. The molecule has 9 rings (SSSR count). The fourth-order valence-electron chi connectivity index (χ4n) is 8.92. The molecule has 0 radical (unpaired) electrons. The quantitative estimate of drug-likeness (QED) is 0.139. The van der Waals surface area contributed by atoms with Gasteiger partial charge in [0, 0.05) is 67.3 Å². The topological polar surface area (TPSA) is 125 Å². The average Bonchev–Trinajstić information content (AvgIpc) is 3.22. The van der Waals surface area contributed by atoms with Gasteiger partial charge in [-0.3, -0.25) is 14.9 Å². The van der Waals surface area contributed by atoms with E-state index in [-0.39, 0.29) is 23.5 Å². The van der Waals surface area contributed by atoms with Gasteiger partial charge in [-0.25, -0.2) is 19.3 Å². The van der Waals surface area contributed by atoms with Crippen molar-refractivity contribution >= 4 is 45.7 Å². The molecule has 4 aliphatic heterocycles. The number of piperidine rings is 3. The van der Waals surface area contributed by atoms with Crippen LogP contribution in [0.3, 0.4) is 0 Å². The molecular weight excluding hydrogens is 708 g/mol. The van der Waals surface area contributed by atoms with Gasteiger partial charge in [0.2, 0.25) is 23.6 Å². The molecule has 0 aliphatic carbocycles. The predicted octanol–water partition coefficient (Wildman–Crippen LogP) is 7.30. The van der Waals surface area contributed by atoms with E-state index >= 15 is 4.39 Å². The van der Waals surface area contributed by atoms with Crippen molar-refractivity contribution in [2.45, 2.75) is 57.3 Å². The molecule has 6 heterocycles. The van der Waals surface area contributed by atoms with Gasteiger partial charge in [0.1, 0.15) is 18.1 Å². The summed E-state index contributed by atoms with van der Waals surface area (Å²) in [7, 11) is 0. The molecule has 0 saturated carbocycles. The highest BCUT2D eigenvalue weighted by Gasteiger charge is 2.30. The van der Waals surface area contributed by atoms with Crippen molar-refractivity contribution in [1.82, 2.24) is 25.2 Å². The second-order valence-corrected chi connectivity index (χ2v) is 15.7. The number of fused-ring (bicyclic) bond motifs is 2. The fraction of sp³-hybridized carbons (Fsp3) is 0.386. The molecule has 5 aromatic rings. The van der Waals surface area contributed by atoms with Crippen LogP contribution in [0.15, 0.2) is 73.1 Å². The summed E-state index contributed by atoms with van der Waals surface area (Å²) in [5.74, 6) is 0.760. The van der Waals surface area contributed by atoms with Crippen LogP contribution in [0.1, 0.15) is 67.1 Å². The summed E-state index contributed by atoms with van der Waals surface area (Å²) in [6.07, 6.45) is 8.60. The molecule has 2 amide bonds. The smallest absolute Gasteiger partial charge is 0.237 e. The highest BCUT2D eigenvalue weighted by Crippen LogP contribution is 2.37. The summed E-state index contributed by atoms with van der Waals surface area (Å²) in [5.41, 5.74) is 8.57. The first-order valence-electron chi connectivity index (χ1n) is 20.0. The zero-order chi connectivity index (χ0) is 38.2. The lowest BCUT2D eigenvalue weighted by Gasteiger charge is -2.38. The molecule has 12 heteroatoms. The number of benzene rings is 3. The Kier molecular flexibility index (Phi) is 9.97. The summed E-state index contributed by atoms with van der Waals surface area (Å²) < 4.78 is 21.0. The number of imide groups is 1. The number of rotatable bonds is 8. The highest BCUT2D eigenvalue weighted by atomic mass is 19.1. The highest BCUT2D eigenvalue weighted by molar-refractivity contribution is 6.01. The molecule has 11 nitrogen and oxygen atoms in total. The summed E-state index contributed by atoms with van der Waals surface area (Å²) in [4.78, 5) is 42.8. The summed E-state index contributed by atoms with van der Waals surface area (Å²) >= 11 is 0.